The van der Waals surface area contributed by atoms with Crippen molar-refractivity contribution in [3.63, 3.8) is 0 Å². The molecule has 0 radical (unpaired) electrons. The summed E-state index contributed by atoms with van der Waals surface area (Å²) in [6, 6.07) is 17.7. The maximum absolute atomic E-state index is 13.1. The van der Waals surface area contributed by atoms with E-state index in [0.717, 1.165) is 27.8 Å². The van der Waals surface area contributed by atoms with Crippen molar-refractivity contribution in [1.29, 1.82) is 0 Å². The first-order valence-corrected chi connectivity index (χ1v) is 8.95. The highest BCUT2D eigenvalue weighted by Crippen LogP contribution is 2.30. The molecule has 2 aromatic carbocycles. The Morgan fingerprint density at radius 1 is 1.12 bits per heavy atom. The summed E-state index contributed by atoms with van der Waals surface area (Å²) >= 11 is 1.48. The van der Waals surface area contributed by atoms with Crippen molar-refractivity contribution in [2.45, 2.75) is 13.3 Å². The van der Waals surface area contributed by atoms with E-state index in [9.17, 15) is 4.79 Å². The number of nitrogens with zero attached hydrogens (tertiary/aromatic N) is 2. The second-order valence-corrected chi connectivity index (χ2v) is 6.71. The van der Waals surface area contributed by atoms with Crippen molar-refractivity contribution in [3.8, 4) is 0 Å². The molecule has 124 valence electrons. The van der Waals surface area contributed by atoms with Crippen molar-refractivity contribution in [1.82, 2.24) is 9.97 Å². The van der Waals surface area contributed by atoms with Crippen LogP contribution in [-0.2, 0) is 11.2 Å². The minimum atomic E-state index is 0.00491. The fourth-order valence-electron chi connectivity index (χ4n) is 2.90. The summed E-state index contributed by atoms with van der Waals surface area (Å²) < 4.78 is 0. The molecule has 0 unspecified atom stereocenters. The number of benzene rings is 2. The lowest BCUT2D eigenvalue weighted by Gasteiger charge is -2.20. The number of fused-ring (bicyclic) bond motifs is 1. The van der Waals surface area contributed by atoms with Crippen LogP contribution in [0.15, 0.2) is 66.2 Å². The summed E-state index contributed by atoms with van der Waals surface area (Å²) in [5, 5.41) is 3.75. The van der Waals surface area contributed by atoms with Crippen LogP contribution in [0.3, 0.4) is 0 Å². The number of aromatic amines is 1. The number of thiazole rings is 1. The number of anilines is 2. The molecule has 0 bridgehead atoms. The summed E-state index contributed by atoms with van der Waals surface area (Å²) in [4.78, 5) is 22.6. The van der Waals surface area contributed by atoms with Gasteiger partial charge >= 0.3 is 0 Å². The number of nitrogens with one attached hydrogen (secondary N) is 1. The molecule has 4 nitrogen and oxygen atoms in total. The predicted molar refractivity (Wildman–Crippen MR) is 102 cm³/mol. The van der Waals surface area contributed by atoms with Gasteiger partial charge in [0.1, 0.15) is 0 Å². The van der Waals surface area contributed by atoms with E-state index < -0.39 is 0 Å². The molecule has 0 aliphatic rings. The SMILES string of the molecule is Cc1csc(N(C(=O)Cc2c[nH]c3ccccc23)c2ccccc2)n1. The van der Waals surface area contributed by atoms with E-state index in [1.807, 2.05) is 73.1 Å². The normalized spacial score (nSPS) is 10.9. The summed E-state index contributed by atoms with van der Waals surface area (Å²) in [7, 11) is 0. The number of carbonyl (C=O) groups is 1. The van der Waals surface area contributed by atoms with E-state index >= 15 is 0 Å². The molecule has 1 N–H and O–H groups in total. The van der Waals surface area contributed by atoms with Gasteiger partial charge in [-0.3, -0.25) is 9.69 Å². The fraction of sp³-hybridized carbons (Fsp3) is 0.100. The van der Waals surface area contributed by atoms with E-state index in [-0.39, 0.29) is 5.91 Å². The summed E-state index contributed by atoms with van der Waals surface area (Å²) in [6.07, 6.45) is 2.23. The van der Waals surface area contributed by atoms with E-state index in [4.69, 9.17) is 0 Å². The molecule has 0 spiro atoms. The van der Waals surface area contributed by atoms with Crippen LogP contribution in [0.1, 0.15) is 11.3 Å². The van der Waals surface area contributed by atoms with Crippen LogP contribution in [0.2, 0.25) is 0 Å². The third-order valence-electron chi connectivity index (χ3n) is 4.08. The first-order chi connectivity index (χ1) is 12.2. The molecule has 4 rings (SSSR count). The van der Waals surface area contributed by atoms with Gasteiger partial charge in [-0.2, -0.15) is 0 Å². The number of hydrogen-bond donors (Lipinski definition) is 1. The van der Waals surface area contributed by atoms with Crippen LogP contribution in [0, 0.1) is 6.92 Å². The Hall–Kier alpha value is -2.92. The minimum absolute atomic E-state index is 0.00491. The number of hydrogen-bond acceptors (Lipinski definition) is 3. The summed E-state index contributed by atoms with van der Waals surface area (Å²) in [5.41, 5.74) is 3.79. The largest absolute Gasteiger partial charge is 0.361 e. The van der Waals surface area contributed by atoms with Crippen LogP contribution in [-0.4, -0.2) is 15.9 Å². The number of H-pyrrole nitrogens is 1. The van der Waals surface area contributed by atoms with Crippen LogP contribution < -0.4 is 4.90 Å². The molecule has 4 aromatic rings. The van der Waals surface area contributed by atoms with Crippen LogP contribution in [0.4, 0.5) is 10.8 Å². The van der Waals surface area contributed by atoms with Gasteiger partial charge in [-0.15, -0.1) is 11.3 Å². The van der Waals surface area contributed by atoms with Gasteiger partial charge in [-0.25, -0.2) is 4.98 Å². The smallest absolute Gasteiger partial charge is 0.237 e. The molecule has 2 heterocycles. The Kier molecular flexibility index (Phi) is 4.07. The molecule has 0 atom stereocenters. The zero-order valence-corrected chi connectivity index (χ0v) is 14.6. The Morgan fingerprint density at radius 2 is 1.88 bits per heavy atom. The molecule has 25 heavy (non-hydrogen) atoms. The van der Waals surface area contributed by atoms with Crippen molar-refractivity contribution in [2.75, 3.05) is 4.90 Å². The quantitative estimate of drug-likeness (QED) is 0.574. The third kappa shape index (κ3) is 3.06. The van der Waals surface area contributed by atoms with E-state index in [0.29, 0.717) is 11.6 Å². The summed E-state index contributed by atoms with van der Waals surface area (Å²) in [6.45, 7) is 1.94. The van der Waals surface area contributed by atoms with E-state index in [2.05, 4.69) is 9.97 Å². The predicted octanol–water partition coefficient (Wildman–Crippen LogP) is 4.84. The van der Waals surface area contributed by atoms with Gasteiger partial charge in [-0.1, -0.05) is 36.4 Å². The Bertz CT molecular complexity index is 1020. The molecule has 2 aromatic heterocycles. The molecule has 5 heteroatoms. The maximum Gasteiger partial charge on any atom is 0.237 e. The standard InChI is InChI=1S/C20H17N3OS/c1-14-13-25-20(22-14)23(16-7-3-2-4-8-16)19(24)11-15-12-21-18-10-6-5-9-17(15)18/h2-10,12-13,21H,11H2,1H3. The average molecular weight is 347 g/mol. The number of para-hydroxylation sites is 2. The zero-order chi connectivity index (χ0) is 17.2. The van der Waals surface area contributed by atoms with Crippen LogP contribution >= 0.6 is 11.3 Å². The van der Waals surface area contributed by atoms with Gasteiger partial charge in [0.05, 0.1) is 17.8 Å². The number of aryl methyl sites for hydroxylation is 1. The highest BCUT2D eigenvalue weighted by atomic mass is 32.1. The minimum Gasteiger partial charge on any atom is -0.361 e. The van der Waals surface area contributed by atoms with Gasteiger partial charge in [0, 0.05) is 22.5 Å². The first-order valence-electron chi connectivity index (χ1n) is 8.07. The highest BCUT2D eigenvalue weighted by Gasteiger charge is 2.22. The fourth-order valence-corrected chi connectivity index (χ4v) is 3.74. The summed E-state index contributed by atoms with van der Waals surface area (Å²) in [5.74, 6) is 0.00491. The Labute approximate surface area is 149 Å². The number of rotatable bonds is 4. The zero-order valence-electron chi connectivity index (χ0n) is 13.8. The maximum atomic E-state index is 13.1. The van der Waals surface area contributed by atoms with E-state index in [1.54, 1.807) is 4.90 Å². The van der Waals surface area contributed by atoms with Crippen LogP contribution in [0.25, 0.3) is 10.9 Å². The lowest BCUT2D eigenvalue weighted by atomic mass is 10.1. The van der Waals surface area contributed by atoms with Gasteiger partial charge in [0.15, 0.2) is 5.13 Å². The monoisotopic (exact) mass is 347 g/mol. The van der Waals surface area contributed by atoms with E-state index in [1.165, 1.54) is 11.3 Å². The average Bonchev–Trinajstić information content (AvgIpc) is 3.23. The molecule has 0 saturated heterocycles. The molecule has 0 saturated carbocycles. The second-order valence-electron chi connectivity index (χ2n) is 5.87. The van der Waals surface area contributed by atoms with Gasteiger partial charge < -0.3 is 4.98 Å². The van der Waals surface area contributed by atoms with Crippen molar-refractivity contribution >= 4 is 39.0 Å². The molecular weight excluding hydrogens is 330 g/mol. The highest BCUT2D eigenvalue weighted by molar-refractivity contribution is 7.14. The number of amides is 1. The van der Waals surface area contributed by atoms with Gasteiger partial charge in [0.2, 0.25) is 5.91 Å². The molecular formula is C20H17N3OS. The Balaban J connectivity index is 1.71. The third-order valence-corrected chi connectivity index (χ3v) is 5.02. The van der Waals surface area contributed by atoms with Crippen molar-refractivity contribution < 1.29 is 4.79 Å². The first kappa shape index (κ1) is 15.6. The van der Waals surface area contributed by atoms with Crippen molar-refractivity contribution in [3.05, 3.63) is 77.4 Å². The van der Waals surface area contributed by atoms with Gasteiger partial charge in [-0.05, 0) is 30.7 Å². The molecule has 0 aliphatic heterocycles. The second kappa shape index (κ2) is 6.53. The Morgan fingerprint density at radius 3 is 2.64 bits per heavy atom. The number of aromatic nitrogens is 2. The lowest BCUT2D eigenvalue weighted by molar-refractivity contribution is -0.117. The topological polar surface area (TPSA) is 49.0 Å². The van der Waals surface area contributed by atoms with Gasteiger partial charge in [0.25, 0.3) is 0 Å². The number of carbonyl (C=O) groups excluding carboxylic acids is 1. The molecule has 0 aliphatic carbocycles. The van der Waals surface area contributed by atoms with Crippen molar-refractivity contribution in [2.24, 2.45) is 0 Å². The molecule has 0 fully saturated rings. The lowest BCUT2D eigenvalue weighted by Crippen LogP contribution is -2.27. The van der Waals surface area contributed by atoms with Crippen LogP contribution in [0.5, 0.6) is 0 Å². The molecule has 1 amide bonds.